The van der Waals surface area contributed by atoms with Crippen molar-refractivity contribution in [2.24, 2.45) is 0 Å². The van der Waals surface area contributed by atoms with E-state index in [9.17, 15) is 0 Å². The first kappa shape index (κ1) is 16.4. The zero-order valence-corrected chi connectivity index (χ0v) is 14.5. The van der Waals surface area contributed by atoms with Crippen LogP contribution < -0.4 is 9.47 Å². The molecule has 0 amide bonds. The summed E-state index contributed by atoms with van der Waals surface area (Å²) < 4.78 is 11.3. The Labute approximate surface area is 147 Å². The molecule has 0 aromatic heterocycles. The fourth-order valence-corrected chi connectivity index (χ4v) is 2.65. The van der Waals surface area contributed by atoms with Crippen molar-refractivity contribution in [3.8, 4) is 22.6 Å². The summed E-state index contributed by atoms with van der Waals surface area (Å²) in [5, 5.41) is 0.727. The van der Waals surface area contributed by atoms with Gasteiger partial charge in [-0.25, -0.2) is 0 Å². The number of aryl methyl sites for hydroxylation is 1. The fourth-order valence-electron chi connectivity index (χ4n) is 2.52. The molecule has 3 aromatic rings. The molecule has 0 aliphatic rings. The van der Waals surface area contributed by atoms with Crippen LogP contribution in [-0.2, 0) is 6.61 Å². The molecular formula is C21H19ClO2. The Morgan fingerprint density at radius 3 is 2.17 bits per heavy atom. The molecule has 0 aliphatic carbocycles. The van der Waals surface area contributed by atoms with Crippen molar-refractivity contribution in [1.29, 1.82) is 0 Å². The minimum atomic E-state index is 0.470. The topological polar surface area (TPSA) is 18.5 Å². The molecule has 3 rings (SSSR count). The molecule has 24 heavy (non-hydrogen) atoms. The Hall–Kier alpha value is -2.45. The van der Waals surface area contributed by atoms with Crippen LogP contribution in [0, 0.1) is 6.92 Å². The van der Waals surface area contributed by atoms with Crippen LogP contribution in [0.15, 0.2) is 66.7 Å². The molecule has 0 bridgehead atoms. The van der Waals surface area contributed by atoms with Crippen molar-refractivity contribution in [3.05, 3.63) is 82.9 Å². The number of hydrogen-bond donors (Lipinski definition) is 0. The normalized spacial score (nSPS) is 10.5. The summed E-state index contributed by atoms with van der Waals surface area (Å²) in [5.41, 5.74) is 4.49. The number of hydrogen-bond acceptors (Lipinski definition) is 2. The number of rotatable bonds is 5. The van der Waals surface area contributed by atoms with Crippen LogP contribution in [0.2, 0.25) is 5.02 Å². The average Bonchev–Trinajstić information content (AvgIpc) is 2.62. The Balaban J connectivity index is 1.89. The Kier molecular flexibility index (Phi) is 5.07. The highest BCUT2D eigenvalue weighted by Crippen LogP contribution is 2.29. The van der Waals surface area contributed by atoms with E-state index in [-0.39, 0.29) is 0 Å². The highest BCUT2D eigenvalue weighted by atomic mass is 35.5. The van der Waals surface area contributed by atoms with E-state index in [4.69, 9.17) is 21.1 Å². The van der Waals surface area contributed by atoms with Crippen LogP contribution in [0.3, 0.4) is 0 Å². The van der Waals surface area contributed by atoms with Gasteiger partial charge in [0.1, 0.15) is 18.1 Å². The van der Waals surface area contributed by atoms with E-state index in [1.807, 2.05) is 60.7 Å². The third-order valence-corrected chi connectivity index (χ3v) is 4.13. The zero-order chi connectivity index (χ0) is 16.9. The summed E-state index contributed by atoms with van der Waals surface area (Å²) in [6.07, 6.45) is 0. The smallest absolute Gasteiger partial charge is 0.119 e. The second-order valence-corrected chi connectivity index (χ2v) is 6.07. The van der Waals surface area contributed by atoms with E-state index in [1.165, 1.54) is 5.56 Å². The van der Waals surface area contributed by atoms with Gasteiger partial charge in [-0.1, -0.05) is 47.5 Å². The van der Waals surface area contributed by atoms with Crippen molar-refractivity contribution in [2.75, 3.05) is 7.11 Å². The lowest BCUT2D eigenvalue weighted by Gasteiger charge is -2.13. The quantitative estimate of drug-likeness (QED) is 0.576. The first-order chi connectivity index (χ1) is 11.7. The Morgan fingerprint density at radius 2 is 1.50 bits per heavy atom. The van der Waals surface area contributed by atoms with E-state index in [2.05, 4.69) is 13.0 Å². The summed E-state index contributed by atoms with van der Waals surface area (Å²) in [7, 11) is 1.67. The molecule has 2 nitrogen and oxygen atoms in total. The highest BCUT2D eigenvalue weighted by molar-refractivity contribution is 6.30. The highest BCUT2D eigenvalue weighted by Gasteiger charge is 2.08. The van der Waals surface area contributed by atoms with Crippen molar-refractivity contribution >= 4 is 11.6 Å². The SMILES string of the molecule is COc1ccc(-c2ccc(Cl)cc2)c(COc2ccc(C)cc2)c1. The molecule has 0 aliphatic heterocycles. The van der Waals surface area contributed by atoms with Crippen LogP contribution >= 0.6 is 11.6 Å². The number of ether oxygens (including phenoxy) is 2. The maximum absolute atomic E-state index is 6.00. The summed E-state index contributed by atoms with van der Waals surface area (Å²) >= 11 is 6.00. The molecule has 0 unspecified atom stereocenters. The van der Waals surface area contributed by atoms with Crippen molar-refractivity contribution < 1.29 is 9.47 Å². The second-order valence-electron chi connectivity index (χ2n) is 5.63. The van der Waals surface area contributed by atoms with Crippen molar-refractivity contribution in [3.63, 3.8) is 0 Å². The van der Waals surface area contributed by atoms with Gasteiger partial charge in [0.25, 0.3) is 0 Å². The van der Waals surface area contributed by atoms with E-state index in [0.29, 0.717) is 6.61 Å². The van der Waals surface area contributed by atoms with Crippen LogP contribution in [0.5, 0.6) is 11.5 Å². The molecule has 122 valence electrons. The van der Waals surface area contributed by atoms with Crippen LogP contribution in [0.25, 0.3) is 11.1 Å². The maximum atomic E-state index is 6.00. The molecule has 0 N–H and O–H groups in total. The van der Waals surface area contributed by atoms with Gasteiger partial charge in [-0.05, 0) is 54.4 Å². The maximum Gasteiger partial charge on any atom is 0.119 e. The average molecular weight is 339 g/mol. The van der Waals surface area contributed by atoms with Gasteiger partial charge in [-0.2, -0.15) is 0 Å². The molecule has 3 aromatic carbocycles. The van der Waals surface area contributed by atoms with E-state index < -0.39 is 0 Å². The van der Waals surface area contributed by atoms with Crippen molar-refractivity contribution in [2.45, 2.75) is 13.5 Å². The lowest BCUT2D eigenvalue weighted by Crippen LogP contribution is -1.99. The van der Waals surface area contributed by atoms with Crippen LogP contribution in [0.4, 0.5) is 0 Å². The van der Waals surface area contributed by atoms with Gasteiger partial charge < -0.3 is 9.47 Å². The summed E-state index contributed by atoms with van der Waals surface area (Å²) in [4.78, 5) is 0. The molecule has 0 saturated carbocycles. The monoisotopic (exact) mass is 338 g/mol. The molecule has 3 heteroatoms. The van der Waals surface area contributed by atoms with Gasteiger partial charge in [-0.3, -0.25) is 0 Å². The fraction of sp³-hybridized carbons (Fsp3) is 0.143. The largest absolute Gasteiger partial charge is 0.497 e. The van der Waals surface area contributed by atoms with Crippen LogP contribution in [0.1, 0.15) is 11.1 Å². The van der Waals surface area contributed by atoms with Gasteiger partial charge in [0.2, 0.25) is 0 Å². The van der Waals surface area contributed by atoms with Crippen LogP contribution in [-0.4, -0.2) is 7.11 Å². The first-order valence-electron chi connectivity index (χ1n) is 7.78. The van der Waals surface area contributed by atoms with E-state index >= 15 is 0 Å². The molecule has 0 saturated heterocycles. The lowest BCUT2D eigenvalue weighted by molar-refractivity contribution is 0.305. The van der Waals surface area contributed by atoms with E-state index in [0.717, 1.165) is 33.2 Å². The minimum Gasteiger partial charge on any atom is -0.497 e. The lowest BCUT2D eigenvalue weighted by atomic mass is 10.00. The second kappa shape index (κ2) is 7.41. The standard InChI is InChI=1S/C21H19ClO2/c1-15-3-9-19(10-4-15)24-14-17-13-20(23-2)11-12-21(17)16-5-7-18(22)8-6-16/h3-13H,14H2,1-2H3. The number of methoxy groups -OCH3 is 1. The third kappa shape index (κ3) is 3.90. The number of halogens is 1. The van der Waals surface area contributed by atoms with Gasteiger partial charge >= 0.3 is 0 Å². The predicted octanol–water partition coefficient (Wildman–Crippen LogP) is 5.90. The van der Waals surface area contributed by atoms with Gasteiger partial charge in [0, 0.05) is 10.6 Å². The zero-order valence-electron chi connectivity index (χ0n) is 13.8. The molecule has 0 fully saturated rings. The van der Waals surface area contributed by atoms with Crippen molar-refractivity contribution in [1.82, 2.24) is 0 Å². The summed E-state index contributed by atoms with van der Waals surface area (Å²) in [6, 6.07) is 21.9. The molecular weight excluding hydrogens is 320 g/mol. The molecule has 0 atom stereocenters. The van der Waals surface area contributed by atoms with Gasteiger partial charge in [-0.15, -0.1) is 0 Å². The molecule has 0 radical (unpaired) electrons. The van der Waals surface area contributed by atoms with E-state index in [1.54, 1.807) is 7.11 Å². The Morgan fingerprint density at radius 1 is 0.833 bits per heavy atom. The minimum absolute atomic E-state index is 0.470. The molecule has 0 spiro atoms. The Bertz CT molecular complexity index is 808. The summed E-state index contributed by atoms with van der Waals surface area (Å²) in [6.45, 7) is 2.53. The first-order valence-corrected chi connectivity index (χ1v) is 8.16. The summed E-state index contributed by atoms with van der Waals surface area (Å²) in [5.74, 6) is 1.67. The molecule has 0 heterocycles. The predicted molar refractivity (Wildman–Crippen MR) is 99.0 cm³/mol. The third-order valence-electron chi connectivity index (χ3n) is 3.88. The van der Waals surface area contributed by atoms with Gasteiger partial charge in [0.15, 0.2) is 0 Å². The number of benzene rings is 3. The van der Waals surface area contributed by atoms with Gasteiger partial charge in [0.05, 0.1) is 7.11 Å².